The molecule has 3 rings (SSSR count). The van der Waals surface area contributed by atoms with Crippen molar-refractivity contribution in [1.29, 1.82) is 0 Å². The van der Waals surface area contributed by atoms with Crippen LogP contribution in [-0.4, -0.2) is 72.7 Å². The first-order valence-electron chi connectivity index (χ1n) is 7.77. The highest BCUT2D eigenvalue weighted by Gasteiger charge is 2.49. The van der Waals surface area contributed by atoms with Gasteiger partial charge in [0.25, 0.3) is 5.91 Å². The van der Waals surface area contributed by atoms with E-state index in [9.17, 15) is 18.0 Å². The van der Waals surface area contributed by atoms with Crippen molar-refractivity contribution in [1.82, 2.24) is 20.8 Å². The fraction of sp³-hybridized carbons (Fsp3) is 0.833. The zero-order valence-corrected chi connectivity index (χ0v) is 13.7. The number of hydrogen-bond acceptors (Lipinski definition) is 7. The third-order valence-electron chi connectivity index (χ3n) is 4.42. The molecule has 3 aliphatic rings. The van der Waals surface area contributed by atoms with Crippen LogP contribution >= 0.6 is 0 Å². The molecule has 0 saturated carbocycles. The Morgan fingerprint density at radius 3 is 2.83 bits per heavy atom. The van der Waals surface area contributed by atoms with Crippen molar-refractivity contribution >= 4 is 22.3 Å². The summed E-state index contributed by atoms with van der Waals surface area (Å²) >= 11 is 0. The van der Waals surface area contributed by atoms with Crippen molar-refractivity contribution in [3.05, 3.63) is 0 Å². The van der Waals surface area contributed by atoms with Crippen molar-refractivity contribution in [3.8, 4) is 0 Å². The molecule has 0 radical (unpaired) electrons. The fourth-order valence-corrected chi connectivity index (χ4v) is 3.67. The van der Waals surface area contributed by atoms with Crippen LogP contribution in [0.4, 0.5) is 4.79 Å². The van der Waals surface area contributed by atoms with Crippen molar-refractivity contribution in [2.24, 2.45) is 0 Å². The van der Waals surface area contributed by atoms with E-state index in [1.54, 1.807) is 0 Å². The van der Waals surface area contributed by atoms with Gasteiger partial charge in [0.1, 0.15) is 6.04 Å². The van der Waals surface area contributed by atoms with Gasteiger partial charge in [-0.25, -0.2) is 10.3 Å². The lowest BCUT2D eigenvalue weighted by Crippen LogP contribution is -2.50. The monoisotopic (exact) mass is 364 g/mol. The molecule has 0 aliphatic carbocycles. The van der Waals surface area contributed by atoms with Gasteiger partial charge in [-0.3, -0.25) is 14.2 Å². The van der Waals surface area contributed by atoms with Crippen LogP contribution in [0.2, 0.25) is 0 Å². The first-order valence-corrected chi connectivity index (χ1v) is 9.13. The highest BCUT2D eigenvalue weighted by atomic mass is 32.3. The van der Waals surface area contributed by atoms with Crippen molar-refractivity contribution < 1.29 is 31.7 Å². The van der Waals surface area contributed by atoms with E-state index in [0.29, 0.717) is 24.5 Å². The average molecular weight is 364 g/mol. The summed E-state index contributed by atoms with van der Waals surface area (Å²) in [5, 5.41) is 3.83. The van der Waals surface area contributed by atoms with E-state index in [1.165, 1.54) is 4.90 Å². The van der Waals surface area contributed by atoms with Gasteiger partial charge in [0.05, 0.1) is 12.6 Å². The van der Waals surface area contributed by atoms with Crippen LogP contribution < -0.4 is 10.8 Å². The average Bonchev–Trinajstić information content (AvgIpc) is 3.10. The Morgan fingerprint density at radius 2 is 2.17 bits per heavy atom. The number of amides is 3. The lowest BCUT2D eigenvalue weighted by Gasteiger charge is -2.29. The van der Waals surface area contributed by atoms with E-state index in [0.717, 1.165) is 19.4 Å². The second kappa shape index (κ2) is 6.80. The minimum Gasteiger partial charge on any atom is -0.312 e. The molecule has 12 heteroatoms. The van der Waals surface area contributed by atoms with Gasteiger partial charge in [0.15, 0.2) is 0 Å². The number of nitrogens with zero attached hydrogens (tertiary/aromatic N) is 2. The maximum Gasteiger partial charge on any atom is 0.418 e. The molecule has 3 N–H and O–H groups in total. The molecule has 24 heavy (non-hydrogen) atoms. The largest absolute Gasteiger partial charge is 0.418 e. The van der Waals surface area contributed by atoms with E-state index in [1.807, 2.05) is 0 Å². The van der Waals surface area contributed by atoms with E-state index in [-0.39, 0.29) is 12.6 Å². The lowest BCUT2D eigenvalue weighted by molar-refractivity contribution is -0.139. The van der Waals surface area contributed by atoms with Crippen LogP contribution in [0.3, 0.4) is 0 Å². The number of piperidine rings is 1. The van der Waals surface area contributed by atoms with Crippen molar-refractivity contribution in [2.75, 3.05) is 19.7 Å². The summed E-state index contributed by atoms with van der Waals surface area (Å²) in [6.45, 7) is 1.42. The summed E-state index contributed by atoms with van der Waals surface area (Å²) in [4.78, 5) is 30.8. The molecule has 0 spiro atoms. The summed E-state index contributed by atoms with van der Waals surface area (Å²) in [6.07, 6.45) is 2.77. The summed E-state index contributed by atoms with van der Waals surface area (Å²) in [5.41, 5.74) is 2.35. The van der Waals surface area contributed by atoms with Crippen LogP contribution in [-0.2, 0) is 24.3 Å². The number of hydrogen-bond donors (Lipinski definition) is 3. The first-order chi connectivity index (χ1) is 11.3. The molecule has 0 aromatic carbocycles. The number of urea groups is 1. The Bertz CT molecular complexity index is 607. The van der Waals surface area contributed by atoms with Gasteiger partial charge in [0, 0.05) is 12.6 Å². The van der Waals surface area contributed by atoms with Gasteiger partial charge >= 0.3 is 16.4 Å². The van der Waals surface area contributed by atoms with E-state index in [4.69, 9.17) is 9.39 Å². The Hall–Kier alpha value is -1.47. The molecular formula is C12H20N4O7S. The van der Waals surface area contributed by atoms with Crippen LogP contribution in [0.25, 0.3) is 0 Å². The Morgan fingerprint density at radius 1 is 1.38 bits per heavy atom. The van der Waals surface area contributed by atoms with Gasteiger partial charge in [-0.1, -0.05) is 0 Å². The minimum atomic E-state index is -4.79. The maximum absolute atomic E-state index is 12.2. The molecule has 2 bridgehead atoms. The van der Waals surface area contributed by atoms with Crippen LogP contribution in [0.15, 0.2) is 0 Å². The number of rotatable bonds is 6. The van der Waals surface area contributed by atoms with Crippen LogP contribution in [0, 0.1) is 0 Å². The molecule has 0 aromatic heterocycles. The molecule has 3 aliphatic heterocycles. The number of fused-ring (bicyclic) bond motifs is 2. The SMILES string of the molecule is O=C(NOC[C@@H]1CCCN1)[C@@H]1CC[C@@H]2CN1C(=O)N2OS(=O)(=O)O. The molecule has 3 atom stereocenters. The third kappa shape index (κ3) is 3.78. The highest BCUT2D eigenvalue weighted by molar-refractivity contribution is 7.80. The second-order valence-corrected chi connectivity index (χ2v) is 7.09. The Balaban J connectivity index is 1.54. The smallest absolute Gasteiger partial charge is 0.312 e. The van der Waals surface area contributed by atoms with Crippen LogP contribution in [0.1, 0.15) is 25.7 Å². The van der Waals surface area contributed by atoms with Crippen LogP contribution in [0.5, 0.6) is 0 Å². The zero-order valence-electron chi connectivity index (χ0n) is 12.9. The van der Waals surface area contributed by atoms with Crippen molar-refractivity contribution in [3.63, 3.8) is 0 Å². The predicted molar refractivity (Wildman–Crippen MR) is 78.5 cm³/mol. The second-order valence-electron chi connectivity index (χ2n) is 6.08. The number of carbonyl (C=O) groups excluding carboxylic acids is 2. The number of nitrogens with one attached hydrogen (secondary N) is 2. The first kappa shape index (κ1) is 17.4. The zero-order chi connectivity index (χ0) is 17.3. The summed E-state index contributed by atoms with van der Waals surface area (Å²) in [6, 6.07) is -1.85. The lowest BCUT2D eigenvalue weighted by atomic mass is 10.0. The summed E-state index contributed by atoms with van der Waals surface area (Å²) in [5.74, 6) is -0.464. The topological polar surface area (TPSA) is 138 Å². The summed E-state index contributed by atoms with van der Waals surface area (Å²) in [7, 11) is -4.79. The van der Waals surface area contributed by atoms with E-state index >= 15 is 0 Å². The molecule has 136 valence electrons. The highest BCUT2D eigenvalue weighted by Crippen LogP contribution is 2.30. The Labute approximate surface area is 139 Å². The van der Waals surface area contributed by atoms with Gasteiger partial charge in [0.2, 0.25) is 0 Å². The molecular weight excluding hydrogens is 344 g/mol. The maximum atomic E-state index is 12.2. The normalized spacial score (nSPS) is 30.0. The van der Waals surface area contributed by atoms with E-state index < -0.39 is 34.4 Å². The van der Waals surface area contributed by atoms with Crippen molar-refractivity contribution in [2.45, 2.75) is 43.8 Å². The van der Waals surface area contributed by atoms with Gasteiger partial charge in [-0.05, 0) is 32.2 Å². The van der Waals surface area contributed by atoms with Gasteiger partial charge < -0.3 is 10.2 Å². The fourth-order valence-electron chi connectivity index (χ4n) is 3.28. The minimum absolute atomic E-state index is 0.149. The molecule has 3 fully saturated rings. The Kier molecular flexibility index (Phi) is 4.92. The number of hydroxylamine groups is 3. The molecule has 0 aromatic rings. The summed E-state index contributed by atoms with van der Waals surface area (Å²) < 4.78 is 34.7. The van der Waals surface area contributed by atoms with Gasteiger partial charge in [-0.2, -0.15) is 13.5 Å². The molecule has 0 unspecified atom stereocenters. The molecule has 3 heterocycles. The molecule has 3 saturated heterocycles. The third-order valence-corrected chi connectivity index (χ3v) is 4.77. The molecule has 3 amide bonds. The quantitative estimate of drug-likeness (QED) is 0.394. The van der Waals surface area contributed by atoms with E-state index in [2.05, 4.69) is 15.1 Å². The number of carbonyl (C=O) groups is 2. The predicted octanol–water partition coefficient (Wildman–Crippen LogP) is -1.21. The standard InChI is InChI=1S/C12H20N4O7S/c17-11(14-22-7-8-2-1-5-13-8)10-4-3-9-6-15(10)12(18)16(9)23-24(19,20)21/h8-10,13H,1-7H2,(H,14,17)(H,19,20,21)/t8-,9+,10-/m0/s1. The van der Waals surface area contributed by atoms with Gasteiger partial charge in [-0.15, -0.1) is 4.28 Å². The molecule has 11 nitrogen and oxygen atoms in total.